The first-order valence-corrected chi connectivity index (χ1v) is 8.56. The van der Waals surface area contributed by atoms with E-state index >= 15 is 0 Å². The number of benzene rings is 2. The number of hydrogen-bond donors (Lipinski definition) is 0. The zero-order valence-electron chi connectivity index (χ0n) is 15.2. The van der Waals surface area contributed by atoms with Gasteiger partial charge in [0.1, 0.15) is 17.1 Å². The van der Waals surface area contributed by atoms with Crippen molar-refractivity contribution < 1.29 is 9.47 Å². The molecule has 124 valence electrons. The van der Waals surface area contributed by atoms with E-state index < -0.39 is 0 Å². The Kier molecular flexibility index (Phi) is 3.82. The van der Waals surface area contributed by atoms with Crippen LogP contribution in [0.5, 0.6) is 11.5 Å². The van der Waals surface area contributed by atoms with Gasteiger partial charge in [-0.3, -0.25) is 0 Å². The Balaban J connectivity index is 2.07. The summed E-state index contributed by atoms with van der Waals surface area (Å²) in [5, 5.41) is 2.41. The lowest BCUT2D eigenvalue weighted by Gasteiger charge is -2.28. The molecule has 0 bridgehead atoms. The summed E-state index contributed by atoms with van der Waals surface area (Å²) in [5.74, 6) is 1.94. The largest absolute Gasteiger partial charge is 0.490 e. The lowest BCUT2D eigenvalue weighted by molar-refractivity contribution is 0.128. The molecule has 3 rings (SSSR count). The molecule has 0 aliphatic heterocycles. The second kappa shape index (κ2) is 5.43. The molecule has 0 N–H and O–H groups in total. The Morgan fingerprint density at radius 3 is 2.13 bits per heavy atom. The predicted molar refractivity (Wildman–Crippen MR) is 96.7 cm³/mol. The maximum Gasteiger partial charge on any atom is 0.124 e. The third-order valence-electron chi connectivity index (χ3n) is 3.96. The Hall–Kier alpha value is -1.70. The van der Waals surface area contributed by atoms with Crippen LogP contribution in [0.2, 0.25) is 0 Å². The van der Waals surface area contributed by atoms with Crippen molar-refractivity contribution in [1.82, 2.24) is 0 Å². The highest BCUT2D eigenvalue weighted by Crippen LogP contribution is 2.38. The summed E-state index contributed by atoms with van der Waals surface area (Å²) in [5.41, 5.74) is 1.07. The molecule has 0 aromatic heterocycles. The van der Waals surface area contributed by atoms with Gasteiger partial charge in [-0.2, -0.15) is 0 Å². The Labute approximate surface area is 139 Å². The summed E-state index contributed by atoms with van der Waals surface area (Å²) in [6.07, 6.45) is 2.78. The van der Waals surface area contributed by atoms with Crippen molar-refractivity contribution in [2.45, 2.75) is 71.5 Å². The van der Waals surface area contributed by atoms with Crippen LogP contribution in [-0.2, 0) is 5.41 Å². The van der Waals surface area contributed by atoms with Crippen molar-refractivity contribution in [2.24, 2.45) is 0 Å². The SMILES string of the molecule is CC(C)(C)Oc1cc2cc(OC3CC3)ccc2cc1C(C)(C)C. The van der Waals surface area contributed by atoms with Crippen LogP contribution in [0.15, 0.2) is 30.3 Å². The van der Waals surface area contributed by atoms with Gasteiger partial charge in [-0.25, -0.2) is 0 Å². The highest BCUT2D eigenvalue weighted by molar-refractivity contribution is 5.86. The summed E-state index contributed by atoms with van der Waals surface area (Å²) in [6.45, 7) is 13.0. The molecular weight excluding hydrogens is 284 g/mol. The smallest absolute Gasteiger partial charge is 0.124 e. The van der Waals surface area contributed by atoms with Crippen molar-refractivity contribution in [3.8, 4) is 11.5 Å². The van der Waals surface area contributed by atoms with Crippen LogP contribution < -0.4 is 9.47 Å². The van der Waals surface area contributed by atoms with E-state index in [4.69, 9.17) is 9.47 Å². The van der Waals surface area contributed by atoms with E-state index in [1.54, 1.807) is 0 Å². The van der Waals surface area contributed by atoms with Gasteiger partial charge in [0, 0.05) is 5.56 Å². The monoisotopic (exact) mass is 312 g/mol. The van der Waals surface area contributed by atoms with Gasteiger partial charge in [-0.15, -0.1) is 0 Å². The van der Waals surface area contributed by atoms with Gasteiger partial charge < -0.3 is 9.47 Å². The fraction of sp³-hybridized carbons (Fsp3) is 0.524. The Morgan fingerprint density at radius 2 is 1.57 bits per heavy atom. The van der Waals surface area contributed by atoms with Gasteiger partial charge in [-0.05, 0) is 74.1 Å². The molecule has 0 amide bonds. The normalized spacial score (nSPS) is 15.7. The van der Waals surface area contributed by atoms with Crippen LogP contribution in [0.3, 0.4) is 0 Å². The molecule has 1 aliphatic rings. The highest BCUT2D eigenvalue weighted by Gasteiger charge is 2.25. The number of ether oxygens (including phenoxy) is 2. The van der Waals surface area contributed by atoms with E-state index in [0.717, 1.165) is 11.5 Å². The number of hydrogen-bond acceptors (Lipinski definition) is 2. The summed E-state index contributed by atoms with van der Waals surface area (Å²) in [6, 6.07) is 10.8. The molecule has 0 radical (unpaired) electrons. The molecule has 0 saturated heterocycles. The van der Waals surface area contributed by atoms with Crippen LogP contribution in [-0.4, -0.2) is 11.7 Å². The standard InChI is InChI=1S/C21H28O2/c1-20(2,3)18-12-14-7-8-17(22-16-9-10-16)11-15(14)13-19(18)23-21(4,5)6/h7-8,11-13,16H,9-10H2,1-6H3. The Bertz CT molecular complexity index is 713. The van der Waals surface area contributed by atoms with Gasteiger partial charge >= 0.3 is 0 Å². The molecule has 0 atom stereocenters. The van der Waals surface area contributed by atoms with Crippen molar-refractivity contribution in [2.75, 3.05) is 0 Å². The Morgan fingerprint density at radius 1 is 0.870 bits per heavy atom. The van der Waals surface area contributed by atoms with E-state index in [1.807, 2.05) is 0 Å². The van der Waals surface area contributed by atoms with E-state index in [1.165, 1.54) is 29.2 Å². The van der Waals surface area contributed by atoms with Crippen LogP contribution in [0.4, 0.5) is 0 Å². The zero-order valence-corrected chi connectivity index (χ0v) is 15.2. The topological polar surface area (TPSA) is 18.5 Å². The maximum absolute atomic E-state index is 6.26. The van der Waals surface area contributed by atoms with Gasteiger partial charge in [0.15, 0.2) is 0 Å². The molecule has 2 aromatic rings. The van der Waals surface area contributed by atoms with Crippen molar-refractivity contribution in [1.29, 1.82) is 0 Å². The molecule has 2 aromatic carbocycles. The van der Waals surface area contributed by atoms with E-state index in [-0.39, 0.29) is 11.0 Å². The minimum atomic E-state index is -0.213. The van der Waals surface area contributed by atoms with E-state index in [9.17, 15) is 0 Å². The molecule has 2 nitrogen and oxygen atoms in total. The van der Waals surface area contributed by atoms with Crippen LogP contribution in [0.25, 0.3) is 10.8 Å². The van der Waals surface area contributed by atoms with Crippen molar-refractivity contribution in [3.05, 3.63) is 35.9 Å². The minimum absolute atomic E-state index is 0.0396. The first kappa shape index (κ1) is 16.2. The van der Waals surface area contributed by atoms with Crippen LogP contribution >= 0.6 is 0 Å². The van der Waals surface area contributed by atoms with Crippen LogP contribution in [0, 0.1) is 0 Å². The fourth-order valence-electron chi connectivity index (χ4n) is 2.71. The zero-order chi connectivity index (χ0) is 16.8. The molecule has 0 unspecified atom stereocenters. The lowest BCUT2D eigenvalue weighted by Crippen LogP contribution is -2.25. The summed E-state index contributed by atoms with van der Waals surface area (Å²) in [4.78, 5) is 0. The molecule has 1 aliphatic carbocycles. The summed E-state index contributed by atoms with van der Waals surface area (Å²) < 4.78 is 12.2. The molecule has 2 heteroatoms. The lowest BCUT2D eigenvalue weighted by atomic mass is 9.85. The van der Waals surface area contributed by atoms with Gasteiger partial charge in [0.25, 0.3) is 0 Å². The second-order valence-electron chi connectivity index (χ2n) is 8.64. The average Bonchev–Trinajstić information content (AvgIpc) is 3.18. The molecule has 1 fully saturated rings. The van der Waals surface area contributed by atoms with E-state index in [2.05, 4.69) is 71.9 Å². The minimum Gasteiger partial charge on any atom is -0.490 e. The number of rotatable bonds is 3. The number of fused-ring (bicyclic) bond motifs is 1. The van der Waals surface area contributed by atoms with Gasteiger partial charge in [-0.1, -0.05) is 26.8 Å². The first-order valence-electron chi connectivity index (χ1n) is 8.56. The third kappa shape index (κ3) is 3.99. The quantitative estimate of drug-likeness (QED) is 0.707. The molecule has 0 heterocycles. The van der Waals surface area contributed by atoms with Gasteiger partial charge in [0.05, 0.1) is 6.10 Å². The maximum atomic E-state index is 6.26. The van der Waals surface area contributed by atoms with E-state index in [0.29, 0.717) is 6.10 Å². The average molecular weight is 312 g/mol. The van der Waals surface area contributed by atoms with Crippen molar-refractivity contribution >= 4 is 10.8 Å². The first-order chi connectivity index (χ1) is 10.6. The molecule has 23 heavy (non-hydrogen) atoms. The predicted octanol–water partition coefficient (Wildman–Crippen LogP) is 5.86. The highest BCUT2D eigenvalue weighted by atomic mass is 16.5. The van der Waals surface area contributed by atoms with Gasteiger partial charge in [0.2, 0.25) is 0 Å². The molecule has 1 saturated carbocycles. The van der Waals surface area contributed by atoms with Crippen LogP contribution in [0.1, 0.15) is 59.9 Å². The molecule has 0 spiro atoms. The summed E-state index contributed by atoms with van der Waals surface area (Å²) in [7, 11) is 0. The molecular formula is C21H28O2. The fourth-order valence-corrected chi connectivity index (χ4v) is 2.71. The second-order valence-corrected chi connectivity index (χ2v) is 8.64. The van der Waals surface area contributed by atoms with Crippen molar-refractivity contribution in [3.63, 3.8) is 0 Å². The third-order valence-corrected chi connectivity index (χ3v) is 3.96. The summed E-state index contributed by atoms with van der Waals surface area (Å²) >= 11 is 0.